The third-order valence-corrected chi connectivity index (χ3v) is 4.60. The third kappa shape index (κ3) is 2.46. The number of nitro groups is 1. The van der Waals surface area contributed by atoms with Crippen molar-refractivity contribution in [2.24, 2.45) is 0 Å². The van der Waals surface area contributed by atoms with Gasteiger partial charge in [0.15, 0.2) is 0 Å². The zero-order valence-corrected chi connectivity index (χ0v) is 14.2. The molecule has 2 aromatic carbocycles. The predicted molar refractivity (Wildman–Crippen MR) is 95.5 cm³/mol. The van der Waals surface area contributed by atoms with Crippen LogP contribution in [0.5, 0.6) is 0 Å². The van der Waals surface area contributed by atoms with Crippen molar-refractivity contribution in [1.82, 2.24) is 9.78 Å². The highest BCUT2D eigenvalue weighted by atomic mass is 79.9. The minimum Gasteiger partial charge on any atom is -0.369 e. The number of benzene rings is 2. The first kappa shape index (κ1) is 14.9. The van der Waals surface area contributed by atoms with Crippen molar-refractivity contribution < 1.29 is 4.92 Å². The number of nitrogens with one attached hydrogen (secondary N) is 1. The Bertz CT molecular complexity index is 917. The van der Waals surface area contributed by atoms with Gasteiger partial charge in [-0.2, -0.15) is 5.10 Å². The Balaban J connectivity index is 1.81. The second kappa shape index (κ2) is 5.76. The van der Waals surface area contributed by atoms with Crippen molar-refractivity contribution in [2.45, 2.75) is 6.42 Å². The van der Waals surface area contributed by atoms with Crippen LogP contribution < -0.4 is 5.32 Å². The van der Waals surface area contributed by atoms with Crippen molar-refractivity contribution in [2.75, 3.05) is 11.9 Å². The fourth-order valence-electron chi connectivity index (χ4n) is 2.92. The van der Waals surface area contributed by atoms with Crippen LogP contribution in [0, 0.1) is 10.1 Å². The molecule has 0 atom stereocenters. The Labute approximate surface area is 146 Å². The van der Waals surface area contributed by atoms with E-state index in [2.05, 4.69) is 21.2 Å². The molecular formula is C17H13BrN4O2. The predicted octanol–water partition coefficient (Wildman–Crippen LogP) is 4.18. The van der Waals surface area contributed by atoms with E-state index < -0.39 is 4.92 Å². The molecule has 6 nitrogen and oxygen atoms in total. The molecule has 0 unspecified atom stereocenters. The van der Waals surface area contributed by atoms with Gasteiger partial charge in [0.25, 0.3) is 5.69 Å². The van der Waals surface area contributed by atoms with Gasteiger partial charge in [0.2, 0.25) is 0 Å². The van der Waals surface area contributed by atoms with E-state index in [9.17, 15) is 10.1 Å². The van der Waals surface area contributed by atoms with Crippen LogP contribution in [-0.4, -0.2) is 21.2 Å². The fourth-order valence-corrected chi connectivity index (χ4v) is 3.18. The summed E-state index contributed by atoms with van der Waals surface area (Å²) in [5.74, 6) is 0.960. The number of halogens is 1. The molecule has 120 valence electrons. The fraction of sp³-hybridized carbons (Fsp3) is 0.118. The van der Waals surface area contributed by atoms with E-state index >= 15 is 0 Å². The van der Waals surface area contributed by atoms with Crippen LogP contribution in [-0.2, 0) is 6.42 Å². The summed E-state index contributed by atoms with van der Waals surface area (Å²) in [5, 5.41) is 18.9. The smallest absolute Gasteiger partial charge is 0.269 e. The van der Waals surface area contributed by atoms with Gasteiger partial charge in [-0.25, -0.2) is 4.68 Å². The number of fused-ring (bicyclic) bond motifs is 1. The van der Waals surface area contributed by atoms with Crippen LogP contribution in [0.3, 0.4) is 0 Å². The minimum atomic E-state index is -0.400. The molecule has 0 bridgehead atoms. The van der Waals surface area contributed by atoms with E-state index in [0.717, 1.165) is 40.2 Å². The molecule has 0 spiro atoms. The van der Waals surface area contributed by atoms with Gasteiger partial charge in [0.1, 0.15) is 5.82 Å². The van der Waals surface area contributed by atoms with Crippen molar-refractivity contribution in [1.29, 1.82) is 0 Å². The van der Waals surface area contributed by atoms with Gasteiger partial charge >= 0.3 is 0 Å². The van der Waals surface area contributed by atoms with Crippen LogP contribution in [0.15, 0.2) is 53.0 Å². The van der Waals surface area contributed by atoms with Gasteiger partial charge in [0, 0.05) is 34.3 Å². The maximum atomic E-state index is 10.8. The van der Waals surface area contributed by atoms with Crippen LogP contribution >= 0.6 is 15.9 Å². The van der Waals surface area contributed by atoms with Crippen molar-refractivity contribution in [3.63, 3.8) is 0 Å². The zero-order valence-electron chi connectivity index (χ0n) is 12.6. The lowest BCUT2D eigenvalue weighted by Gasteiger charge is -2.06. The van der Waals surface area contributed by atoms with Crippen LogP contribution in [0.25, 0.3) is 16.9 Å². The van der Waals surface area contributed by atoms with E-state index in [0.29, 0.717) is 0 Å². The number of nitrogens with zero attached hydrogens (tertiary/aromatic N) is 3. The van der Waals surface area contributed by atoms with Crippen LogP contribution in [0.2, 0.25) is 0 Å². The lowest BCUT2D eigenvalue weighted by atomic mass is 10.1. The molecule has 4 rings (SSSR count). The number of non-ortho nitro benzene ring substituents is 1. The first-order valence-corrected chi connectivity index (χ1v) is 8.29. The molecule has 0 amide bonds. The quantitative estimate of drug-likeness (QED) is 0.542. The van der Waals surface area contributed by atoms with Gasteiger partial charge in [-0.3, -0.25) is 10.1 Å². The van der Waals surface area contributed by atoms with E-state index in [4.69, 9.17) is 5.10 Å². The van der Waals surface area contributed by atoms with E-state index in [1.807, 2.05) is 28.9 Å². The molecule has 1 N–H and O–H groups in total. The first-order chi connectivity index (χ1) is 11.6. The number of hydrogen-bond donors (Lipinski definition) is 1. The number of anilines is 1. The normalized spacial score (nSPS) is 12.7. The molecule has 0 aliphatic carbocycles. The summed E-state index contributed by atoms with van der Waals surface area (Å²) in [5.41, 5.74) is 4.05. The Kier molecular flexibility index (Phi) is 3.57. The standard InChI is InChI=1S/C17H13BrN4O2/c18-12-3-1-11(2-4-12)16-15-9-10-19-17(15)21(20-16)13-5-7-14(8-6-13)22(23)24/h1-8,19H,9-10H2. The molecule has 3 aromatic rings. The summed E-state index contributed by atoms with van der Waals surface area (Å²) in [7, 11) is 0. The summed E-state index contributed by atoms with van der Waals surface area (Å²) in [6.07, 6.45) is 0.910. The second-order valence-corrected chi connectivity index (χ2v) is 6.46. The maximum Gasteiger partial charge on any atom is 0.269 e. The highest BCUT2D eigenvalue weighted by Crippen LogP contribution is 2.35. The average Bonchev–Trinajstić information content (AvgIpc) is 3.18. The second-order valence-electron chi connectivity index (χ2n) is 5.54. The topological polar surface area (TPSA) is 73.0 Å². The average molecular weight is 385 g/mol. The lowest BCUT2D eigenvalue weighted by molar-refractivity contribution is -0.384. The SMILES string of the molecule is O=[N+]([O-])c1ccc(-n2nc(-c3ccc(Br)cc3)c3c2NCC3)cc1. The van der Waals surface area contributed by atoms with Crippen LogP contribution in [0.4, 0.5) is 11.5 Å². The third-order valence-electron chi connectivity index (χ3n) is 4.07. The summed E-state index contributed by atoms with van der Waals surface area (Å²) in [6.45, 7) is 0.865. The Morgan fingerprint density at radius 1 is 1.12 bits per heavy atom. The monoisotopic (exact) mass is 384 g/mol. The van der Waals surface area contributed by atoms with E-state index in [-0.39, 0.29) is 5.69 Å². The van der Waals surface area contributed by atoms with Gasteiger partial charge in [0.05, 0.1) is 16.3 Å². The largest absolute Gasteiger partial charge is 0.369 e. The molecule has 24 heavy (non-hydrogen) atoms. The summed E-state index contributed by atoms with van der Waals surface area (Å²) in [4.78, 5) is 10.4. The number of nitro benzene ring substituents is 1. The van der Waals surface area contributed by atoms with Crippen molar-refractivity contribution in [3.05, 3.63) is 68.7 Å². The Morgan fingerprint density at radius 3 is 2.50 bits per heavy atom. The molecule has 7 heteroatoms. The summed E-state index contributed by atoms with van der Waals surface area (Å²) < 4.78 is 2.85. The van der Waals surface area contributed by atoms with Gasteiger partial charge in [-0.1, -0.05) is 28.1 Å². The lowest BCUT2D eigenvalue weighted by Crippen LogP contribution is -2.04. The Morgan fingerprint density at radius 2 is 1.83 bits per heavy atom. The zero-order chi connectivity index (χ0) is 16.7. The van der Waals surface area contributed by atoms with E-state index in [1.165, 1.54) is 17.7 Å². The highest BCUT2D eigenvalue weighted by molar-refractivity contribution is 9.10. The van der Waals surface area contributed by atoms with Crippen molar-refractivity contribution >= 4 is 27.4 Å². The van der Waals surface area contributed by atoms with Gasteiger partial charge in [-0.05, 0) is 30.7 Å². The first-order valence-electron chi connectivity index (χ1n) is 7.50. The van der Waals surface area contributed by atoms with E-state index in [1.54, 1.807) is 12.1 Å². The molecule has 1 aromatic heterocycles. The Hall–Kier alpha value is -2.67. The molecular weight excluding hydrogens is 372 g/mol. The molecule has 2 heterocycles. The molecule has 0 saturated heterocycles. The number of hydrogen-bond acceptors (Lipinski definition) is 4. The van der Waals surface area contributed by atoms with Gasteiger partial charge in [-0.15, -0.1) is 0 Å². The molecule has 1 aliphatic heterocycles. The van der Waals surface area contributed by atoms with Crippen LogP contribution in [0.1, 0.15) is 5.56 Å². The molecule has 0 radical (unpaired) electrons. The highest BCUT2D eigenvalue weighted by Gasteiger charge is 2.24. The number of rotatable bonds is 3. The molecule has 1 aliphatic rings. The van der Waals surface area contributed by atoms with Crippen molar-refractivity contribution in [3.8, 4) is 16.9 Å². The summed E-state index contributed by atoms with van der Waals surface area (Å²) >= 11 is 3.45. The van der Waals surface area contributed by atoms with Gasteiger partial charge < -0.3 is 5.32 Å². The maximum absolute atomic E-state index is 10.8. The summed E-state index contributed by atoms with van der Waals surface area (Å²) in [6, 6.07) is 14.5. The minimum absolute atomic E-state index is 0.0728. The number of aromatic nitrogens is 2. The molecule has 0 saturated carbocycles. The molecule has 0 fully saturated rings.